The van der Waals surface area contributed by atoms with Crippen LogP contribution >= 0.6 is 0 Å². The van der Waals surface area contributed by atoms with Gasteiger partial charge in [0, 0.05) is 18.8 Å². The van der Waals surface area contributed by atoms with Gasteiger partial charge in [0.2, 0.25) is 0 Å². The molecule has 1 atom stereocenters. The van der Waals surface area contributed by atoms with E-state index < -0.39 is 11.7 Å². The largest absolute Gasteiger partial charge is 0.444 e. The van der Waals surface area contributed by atoms with Crippen molar-refractivity contribution in [2.75, 3.05) is 18.4 Å². The second kappa shape index (κ2) is 8.01. The summed E-state index contributed by atoms with van der Waals surface area (Å²) in [5.74, 6) is 0.387. The van der Waals surface area contributed by atoms with E-state index >= 15 is 0 Å². The standard InChI is InChI=1S/C17H27FN2O2/c1-12(2)13(11-20-16(21)22-17(3,4)5)10-19-15-8-6-14(18)7-9-15/h6-9,12-13,19H,10-11H2,1-5H3,(H,20,21). The number of benzene rings is 1. The Kier molecular flexibility index (Phi) is 6.65. The number of ether oxygens (including phenoxy) is 1. The van der Waals surface area contributed by atoms with Gasteiger partial charge in [-0.25, -0.2) is 9.18 Å². The number of halogens is 1. The lowest BCUT2D eigenvalue weighted by molar-refractivity contribution is 0.0516. The summed E-state index contributed by atoms with van der Waals surface area (Å²) in [5, 5.41) is 6.07. The maximum Gasteiger partial charge on any atom is 0.407 e. The van der Waals surface area contributed by atoms with Crippen LogP contribution in [-0.4, -0.2) is 24.8 Å². The Labute approximate surface area is 132 Å². The van der Waals surface area contributed by atoms with E-state index in [9.17, 15) is 9.18 Å². The van der Waals surface area contributed by atoms with Gasteiger partial charge in [0.25, 0.3) is 0 Å². The van der Waals surface area contributed by atoms with Crippen LogP contribution in [-0.2, 0) is 4.74 Å². The first-order valence-corrected chi connectivity index (χ1v) is 7.63. The van der Waals surface area contributed by atoms with E-state index in [1.807, 2.05) is 20.8 Å². The number of alkyl carbamates (subject to hydrolysis) is 1. The summed E-state index contributed by atoms with van der Waals surface area (Å²) >= 11 is 0. The van der Waals surface area contributed by atoms with Crippen molar-refractivity contribution in [3.05, 3.63) is 30.1 Å². The normalized spacial score (nSPS) is 12.9. The molecule has 124 valence electrons. The monoisotopic (exact) mass is 310 g/mol. The van der Waals surface area contributed by atoms with Crippen molar-refractivity contribution in [3.63, 3.8) is 0 Å². The van der Waals surface area contributed by atoms with Crippen molar-refractivity contribution in [2.45, 2.75) is 40.2 Å². The lowest BCUT2D eigenvalue weighted by Crippen LogP contribution is -2.38. The fourth-order valence-electron chi connectivity index (χ4n) is 1.89. The number of rotatable bonds is 6. The van der Waals surface area contributed by atoms with Gasteiger partial charge >= 0.3 is 6.09 Å². The second-order valence-corrected chi connectivity index (χ2v) is 6.77. The third-order valence-electron chi connectivity index (χ3n) is 3.26. The van der Waals surface area contributed by atoms with E-state index in [1.54, 1.807) is 12.1 Å². The minimum absolute atomic E-state index is 0.248. The molecule has 0 saturated carbocycles. The average molecular weight is 310 g/mol. The summed E-state index contributed by atoms with van der Waals surface area (Å²) < 4.78 is 18.1. The molecular weight excluding hydrogens is 283 g/mol. The molecule has 0 aliphatic rings. The Hall–Kier alpha value is -1.78. The summed E-state index contributed by atoms with van der Waals surface area (Å²) in [5.41, 5.74) is 0.369. The number of hydrogen-bond acceptors (Lipinski definition) is 3. The Morgan fingerprint density at radius 1 is 1.18 bits per heavy atom. The summed E-state index contributed by atoms with van der Waals surface area (Å²) in [7, 11) is 0. The van der Waals surface area contributed by atoms with E-state index in [0.717, 1.165) is 5.69 Å². The van der Waals surface area contributed by atoms with Crippen LogP contribution in [0.5, 0.6) is 0 Å². The van der Waals surface area contributed by atoms with Crippen molar-refractivity contribution >= 4 is 11.8 Å². The maximum absolute atomic E-state index is 12.9. The van der Waals surface area contributed by atoms with Crippen molar-refractivity contribution in [1.82, 2.24) is 5.32 Å². The maximum atomic E-state index is 12.9. The molecular formula is C17H27FN2O2. The van der Waals surface area contributed by atoms with Gasteiger partial charge in [-0.3, -0.25) is 0 Å². The van der Waals surface area contributed by atoms with Gasteiger partial charge in [-0.2, -0.15) is 0 Å². The Bertz CT molecular complexity index is 467. The quantitative estimate of drug-likeness (QED) is 0.834. The first-order chi connectivity index (χ1) is 10.2. The van der Waals surface area contributed by atoms with E-state index in [4.69, 9.17) is 4.74 Å². The lowest BCUT2D eigenvalue weighted by atomic mass is 9.95. The van der Waals surface area contributed by atoms with Gasteiger partial charge in [0.1, 0.15) is 11.4 Å². The van der Waals surface area contributed by atoms with E-state index in [-0.39, 0.29) is 11.7 Å². The van der Waals surface area contributed by atoms with Crippen LogP contribution in [0.25, 0.3) is 0 Å². The highest BCUT2D eigenvalue weighted by Gasteiger charge is 2.19. The van der Waals surface area contributed by atoms with Gasteiger partial charge in [-0.15, -0.1) is 0 Å². The molecule has 0 aliphatic heterocycles. The first kappa shape index (κ1) is 18.3. The third-order valence-corrected chi connectivity index (χ3v) is 3.26. The smallest absolute Gasteiger partial charge is 0.407 e. The van der Waals surface area contributed by atoms with Crippen LogP contribution in [0.3, 0.4) is 0 Å². The molecule has 1 unspecified atom stereocenters. The summed E-state index contributed by atoms with van der Waals surface area (Å²) in [6.07, 6.45) is -0.403. The molecule has 5 heteroatoms. The molecule has 1 aromatic rings. The molecule has 0 radical (unpaired) electrons. The van der Waals surface area contributed by atoms with E-state index in [2.05, 4.69) is 24.5 Å². The number of carbonyl (C=O) groups is 1. The highest BCUT2D eigenvalue weighted by Crippen LogP contribution is 2.14. The number of hydrogen-bond donors (Lipinski definition) is 2. The zero-order valence-electron chi connectivity index (χ0n) is 14.1. The second-order valence-electron chi connectivity index (χ2n) is 6.77. The molecule has 0 aromatic heterocycles. The van der Waals surface area contributed by atoms with Crippen LogP contribution in [0.4, 0.5) is 14.9 Å². The number of nitrogens with one attached hydrogen (secondary N) is 2. The Morgan fingerprint density at radius 2 is 1.77 bits per heavy atom. The van der Waals surface area contributed by atoms with E-state index in [0.29, 0.717) is 19.0 Å². The first-order valence-electron chi connectivity index (χ1n) is 7.63. The van der Waals surface area contributed by atoms with E-state index in [1.165, 1.54) is 12.1 Å². The minimum atomic E-state index is -0.496. The molecule has 1 rings (SSSR count). The Morgan fingerprint density at radius 3 is 2.27 bits per heavy atom. The molecule has 1 aromatic carbocycles. The summed E-state index contributed by atoms with van der Waals surface area (Å²) in [6.45, 7) is 10.9. The van der Waals surface area contributed by atoms with Crippen LogP contribution in [0, 0.1) is 17.7 Å². The van der Waals surface area contributed by atoms with Crippen LogP contribution in [0.1, 0.15) is 34.6 Å². The molecule has 0 fully saturated rings. The predicted octanol–water partition coefficient (Wildman–Crippen LogP) is 4.03. The molecule has 0 aliphatic carbocycles. The minimum Gasteiger partial charge on any atom is -0.444 e. The van der Waals surface area contributed by atoms with Crippen LogP contribution in [0.2, 0.25) is 0 Å². The van der Waals surface area contributed by atoms with Gasteiger partial charge in [0.05, 0.1) is 0 Å². The Balaban J connectivity index is 2.45. The van der Waals surface area contributed by atoms with Gasteiger partial charge < -0.3 is 15.4 Å². The third kappa shape index (κ3) is 7.29. The molecule has 2 N–H and O–H groups in total. The molecule has 0 saturated heterocycles. The zero-order chi connectivity index (χ0) is 16.8. The predicted molar refractivity (Wildman–Crippen MR) is 87.5 cm³/mol. The number of carbonyl (C=O) groups excluding carboxylic acids is 1. The molecule has 4 nitrogen and oxygen atoms in total. The highest BCUT2D eigenvalue weighted by molar-refractivity contribution is 5.67. The average Bonchev–Trinajstić information content (AvgIpc) is 2.38. The fourth-order valence-corrected chi connectivity index (χ4v) is 1.89. The molecule has 1 amide bonds. The summed E-state index contributed by atoms with van der Waals surface area (Å²) in [4.78, 5) is 11.7. The van der Waals surface area contributed by atoms with Gasteiger partial charge in [0.15, 0.2) is 0 Å². The zero-order valence-corrected chi connectivity index (χ0v) is 14.1. The molecule has 22 heavy (non-hydrogen) atoms. The number of anilines is 1. The molecule has 0 heterocycles. The topological polar surface area (TPSA) is 50.4 Å². The lowest BCUT2D eigenvalue weighted by Gasteiger charge is -2.24. The molecule has 0 bridgehead atoms. The van der Waals surface area contributed by atoms with Crippen molar-refractivity contribution in [3.8, 4) is 0 Å². The van der Waals surface area contributed by atoms with Crippen molar-refractivity contribution in [2.24, 2.45) is 11.8 Å². The highest BCUT2D eigenvalue weighted by atomic mass is 19.1. The van der Waals surface area contributed by atoms with Crippen molar-refractivity contribution in [1.29, 1.82) is 0 Å². The molecule has 0 spiro atoms. The number of amides is 1. The van der Waals surface area contributed by atoms with Gasteiger partial charge in [-0.1, -0.05) is 13.8 Å². The summed E-state index contributed by atoms with van der Waals surface area (Å²) in [6, 6.07) is 6.25. The van der Waals surface area contributed by atoms with Crippen molar-refractivity contribution < 1.29 is 13.9 Å². The van der Waals surface area contributed by atoms with Gasteiger partial charge in [-0.05, 0) is 56.9 Å². The van der Waals surface area contributed by atoms with Crippen LogP contribution in [0.15, 0.2) is 24.3 Å². The SMILES string of the molecule is CC(C)C(CNC(=O)OC(C)(C)C)CNc1ccc(F)cc1. The van der Waals surface area contributed by atoms with Crippen LogP contribution < -0.4 is 10.6 Å². The fraction of sp³-hybridized carbons (Fsp3) is 0.588.